The van der Waals surface area contributed by atoms with Crippen LogP contribution in [0.15, 0.2) is 47.1 Å². The van der Waals surface area contributed by atoms with Gasteiger partial charge in [0, 0.05) is 0 Å². The molecule has 1 unspecified atom stereocenters. The molecule has 0 fully saturated rings. The molecule has 20 heavy (non-hydrogen) atoms. The van der Waals surface area contributed by atoms with Gasteiger partial charge in [0.25, 0.3) is 0 Å². The SMILES string of the molecule is CC(NS(=O)(=O)Cc1ccccc1C#N)c1ccco1. The molecule has 6 heteroatoms. The summed E-state index contributed by atoms with van der Waals surface area (Å²) in [6, 6.07) is 11.6. The summed E-state index contributed by atoms with van der Waals surface area (Å²) in [6.45, 7) is 1.70. The second-order valence-corrected chi connectivity index (χ2v) is 6.14. The summed E-state index contributed by atoms with van der Waals surface area (Å²) < 4.78 is 31.9. The summed E-state index contributed by atoms with van der Waals surface area (Å²) in [5.74, 6) is 0.309. The zero-order chi connectivity index (χ0) is 14.6. The minimum atomic E-state index is -3.55. The predicted octanol–water partition coefficient (Wildman–Crippen LogP) is 2.33. The molecule has 104 valence electrons. The van der Waals surface area contributed by atoms with E-state index in [4.69, 9.17) is 9.68 Å². The van der Waals surface area contributed by atoms with Crippen molar-refractivity contribution in [1.29, 1.82) is 5.26 Å². The Balaban J connectivity index is 2.14. The van der Waals surface area contributed by atoms with Crippen LogP contribution in [0.4, 0.5) is 0 Å². The number of rotatable bonds is 5. The number of furan rings is 1. The van der Waals surface area contributed by atoms with Crippen LogP contribution in [0.2, 0.25) is 0 Å². The highest BCUT2D eigenvalue weighted by atomic mass is 32.2. The lowest BCUT2D eigenvalue weighted by Crippen LogP contribution is -2.28. The van der Waals surface area contributed by atoms with Gasteiger partial charge in [0.2, 0.25) is 10.0 Å². The standard InChI is InChI=1S/C14H14N2O3S/c1-11(14-7-4-8-19-14)16-20(17,18)10-13-6-3-2-5-12(13)9-15/h2-8,11,16H,10H2,1H3. The lowest BCUT2D eigenvalue weighted by Gasteiger charge is -2.12. The quantitative estimate of drug-likeness (QED) is 0.916. The molecular weight excluding hydrogens is 276 g/mol. The maximum absolute atomic E-state index is 12.1. The molecule has 1 aromatic heterocycles. The third-order valence-corrected chi connectivity index (χ3v) is 4.21. The van der Waals surface area contributed by atoms with Gasteiger partial charge in [-0.25, -0.2) is 13.1 Å². The highest BCUT2D eigenvalue weighted by Crippen LogP contribution is 2.16. The number of hydrogen-bond donors (Lipinski definition) is 1. The summed E-state index contributed by atoms with van der Waals surface area (Å²) in [5, 5.41) is 8.97. The van der Waals surface area contributed by atoms with Crippen molar-refractivity contribution in [2.75, 3.05) is 0 Å². The van der Waals surface area contributed by atoms with E-state index in [-0.39, 0.29) is 5.75 Å². The number of benzene rings is 1. The van der Waals surface area contributed by atoms with Crippen LogP contribution in [0, 0.1) is 11.3 Å². The van der Waals surface area contributed by atoms with Crippen LogP contribution in [0.5, 0.6) is 0 Å². The number of nitrogens with zero attached hydrogens (tertiary/aromatic N) is 1. The fourth-order valence-electron chi connectivity index (χ4n) is 1.87. The summed E-state index contributed by atoms with van der Waals surface area (Å²) in [7, 11) is -3.55. The first-order valence-corrected chi connectivity index (χ1v) is 7.68. The average molecular weight is 290 g/mol. The van der Waals surface area contributed by atoms with Crippen LogP contribution in [-0.4, -0.2) is 8.42 Å². The lowest BCUT2D eigenvalue weighted by molar-refractivity contribution is 0.459. The van der Waals surface area contributed by atoms with Gasteiger partial charge < -0.3 is 4.42 Å². The van der Waals surface area contributed by atoms with Crippen molar-refractivity contribution in [3.05, 3.63) is 59.5 Å². The smallest absolute Gasteiger partial charge is 0.216 e. The Kier molecular flexibility index (Phi) is 4.23. The van der Waals surface area contributed by atoms with Crippen molar-refractivity contribution in [3.63, 3.8) is 0 Å². The van der Waals surface area contributed by atoms with E-state index in [2.05, 4.69) is 4.72 Å². The van der Waals surface area contributed by atoms with Gasteiger partial charge in [-0.05, 0) is 30.7 Å². The van der Waals surface area contributed by atoms with Crippen molar-refractivity contribution in [2.45, 2.75) is 18.7 Å². The van der Waals surface area contributed by atoms with Gasteiger partial charge in [0.15, 0.2) is 0 Å². The summed E-state index contributed by atoms with van der Waals surface area (Å²) >= 11 is 0. The Hall–Kier alpha value is -2.10. The maximum Gasteiger partial charge on any atom is 0.216 e. The van der Waals surface area contributed by atoms with Gasteiger partial charge in [-0.15, -0.1) is 0 Å². The molecule has 0 aliphatic carbocycles. The van der Waals surface area contributed by atoms with Crippen LogP contribution in [0.1, 0.15) is 29.9 Å². The van der Waals surface area contributed by atoms with E-state index < -0.39 is 16.1 Å². The first kappa shape index (κ1) is 14.3. The number of hydrogen-bond acceptors (Lipinski definition) is 4. The molecule has 0 radical (unpaired) electrons. The van der Waals surface area contributed by atoms with Gasteiger partial charge in [0.05, 0.1) is 29.7 Å². The first-order valence-electron chi connectivity index (χ1n) is 6.03. The molecule has 0 aliphatic heterocycles. The van der Waals surface area contributed by atoms with Crippen LogP contribution in [-0.2, 0) is 15.8 Å². The molecule has 1 heterocycles. The zero-order valence-electron chi connectivity index (χ0n) is 10.9. The van der Waals surface area contributed by atoms with Gasteiger partial charge in [0.1, 0.15) is 5.76 Å². The largest absolute Gasteiger partial charge is 0.468 e. The van der Waals surface area contributed by atoms with E-state index in [9.17, 15) is 8.42 Å². The zero-order valence-corrected chi connectivity index (χ0v) is 11.7. The molecule has 0 saturated heterocycles. The third-order valence-electron chi connectivity index (χ3n) is 2.81. The molecule has 0 spiro atoms. The van der Waals surface area contributed by atoms with Crippen LogP contribution in [0.3, 0.4) is 0 Å². The normalized spacial score (nSPS) is 12.8. The fourth-order valence-corrected chi connectivity index (χ4v) is 3.27. The molecule has 0 saturated carbocycles. The monoisotopic (exact) mass is 290 g/mol. The van der Waals surface area contributed by atoms with E-state index in [1.54, 1.807) is 43.3 Å². The minimum Gasteiger partial charge on any atom is -0.468 e. The highest BCUT2D eigenvalue weighted by molar-refractivity contribution is 7.88. The molecule has 2 aromatic rings. The second kappa shape index (κ2) is 5.90. The molecule has 0 amide bonds. The number of sulfonamides is 1. The Labute approximate surface area is 117 Å². The third kappa shape index (κ3) is 3.47. The number of nitrogens with one attached hydrogen (secondary N) is 1. The first-order chi connectivity index (χ1) is 9.52. The number of nitriles is 1. The molecule has 2 rings (SSSR count). The van der Waals surface area contributed by atoms with Gasteiger partial charge in [-0.2, -0.15) is 5.26 Å². The fraction of sp³-hybridized carbons (Fsp3) is 0.214. The van der Waals surface area contributed by atoms with Crippen molar-refractivity contribution >= 4 is 10.0 Å². The summed E-state index contributed by atoms with van der Waals surface area (Å²) in [5.41, 5.74) is 0.845. The van der Waals surface area contributed by atoms with E-state index in [1.165, 1.54) is 6.26 Å². The lowest BCUT2D eigenvalue weighted by atomic mass is 10.1. The topological polar surface area (TPSA) is 83.1 Å². The van der Waals surface area contributed by atoms with E-state index in [1.807, 2.05) is 6.07 Å². The van der Waals surface area contributed by atoms with Gasteiger partial charge in [-0.3, -0.25) is 0 Å². The molecule has 0 aliphatic rings. The average Bonchev–Trinajstić information content (AvgIpc) is 2.92. The molecule has 1 atom stereocenters. The van der Waals surface area contributed by atoms with Gasteiger partial charge in [-0.1, -0.05) is 18.2 Å². The Bertz CT molecular complexity index is 715. The van der Waals surface area contributed by atoms with Gasteiger partial charge >= 0.3 is 0 Å². The molecule has 1 aromatic carbocycles. The summed E-state index contributed by atoms with van der Waals surface area (Å²) in [4.78, 5) is 0. The van der Waals surface area contributed by atoms with Crippen molar-refractivity contribution in [1.82, 2.24) is 4.72 Å². The van der Waals surface area contributed by atoms with Crippen molar-refractivity contribution in [3.8, 4) is 6.07 Å². The van der Waals surface area contributed by atoms with E-state index in [0.717, 1.165) is 0 Å². The molecule has 0 bridgehead atoms. The van der Waals surface area contributed by atoms with Crippen LogP contribution >= 0.6 is 0 Å². The van der Waals surface area contributed by atoms with E-state index >= 15 is 0 Å². The molecular formula is C14H14N2O3S. The molecule has 5 nitrogen and oxygen atoms in total. The highest BCUT2D eigenvalue weighted by Gasteiger charge is 2.19. The van der Waals surface area contributed by atoms with Crippen molar-refractivity contribution in [2.24, 2.45) is 0 Å². The van der Waals surface area contributed by atoms with E-state index in [0.29, 0.717) is 16.9 Å². The van der Waals surface area contributed by atoms with Crippen LogP contribution in [0.25, 0.3) is 0 Å². The van der Waals surface area contributed by atoms with Crippen molar-refractivity contribution < 1.29 is 12.8 Å². The second-order valence-electron chi connectivity index (χ2n) is 4.38. The predicted molar refractivity (Wildman–Crippen MR) is 74.0 cm³/mol. The molecule has 1 N–H and O–H groups in total. The van der Waals surface area contributed by atoms with Crippen LogP contribution < -0.4 is 4.72 Å². The minimum absolute atomic E-state index is 0.234. The maximum atomic E-state index is 12.1. The Morgan fingerprint density at radius 2 is 2.05 bits per heavy atom. The summed E-state index contributed by atoms with van der Waals surface area (Å²) in [6.07, 6.45) is 1.49. The Morgan fingerprint density at radius 3 is 2.70 bits per heavy atom. The Morgan fingerprint density at radius 1 is 1.30 bits per heavy atom.